The first-order valence-electron chi connectivity index (χ1n) is 3.90. The van der Waals surface area contributed by atoms with Gasteiger partial charge in [-0.2, -0.15) is 5.10 Å². The van der Waals surface area contributed by atoms with Crippen molar-refractivity contribution in [3.05, 3.63) is 30.6 Å². The lowest BCUT2D eigenvalue weighted by atomic mass is 10.3. The summed E-state index contributed by atoms with van der Waals surface area (Å²) in [5.74, 6) is 0.753. The fourth-order valence-corrected chi connectivity index (χ4v) is 1.06. The van der Waals surface area contributed by atoms with Crippen molar-refractivity contribution in [2.45, 2.75) is 0 Å². The molecule has 0 bridgehead atoms. The number of rotatable bonds is 2. The third kappa shape index (κ3) is 1.51. The maximum Gasteiger partial charge on any atom is 0.137 e. The van der Waals surface area contributed by atoms with Gasteiger partial charge in [-0.3, -0.25) is 10.1 Å². The van der Waals surface area contributed by atoms with Crippen LogP contribution >= 0.6 is 0 Å². The Kier molecular flexibility index (Phi) is 1.96. The standard InChI is InChI=1S/C9H9N3O/c1-13-7-2-3-8(10-6-7)9-4-5-11-12-9/h2-6H,1H3,(H,11,12). The SMILES string of the molecule is COc1ccc(-c2ccn[nH]2)nc1. The van der Waals surface area contributed by atoms with E-state index in [0.29, 0.717) is 0 Å². The van der Waals surface area contributed by atoms with E-state index in [2.05, 4.69) is 15.2 Å². The van der Waals surface area contributed by atoms with Gasteiger partial charge in [-0.1, -0.05) is 0 Å². The summed E-state index contributed by atoms with van der Waals surface area (Å²) in [7, 11) is 1.62. The normalized spacial score (nSPS) is 9.92. The van der Waals surface area contributed by atoms with E-state index in [0.717, 1.165) is 17.1 Å². The molecule has 0 radical (unpaired) electrons. The van der Waals surface area contributed by atoms with Gasteiger partial charge in [0.25, 0.3) is 0 Å². The molecular weight excluding hydrogens is 166 g/mol. The van der Waals surface area contributed by atoms with Crippen LogP contribution < -0.4 is 4.74 Å². The number of hydrogen-bond donors (Lipinski definition) is 1. The van der Waals surface area contributed by atoms with Crippen LogP contribution in [0.5, 0.6) is 5.75 Å². The van der Waals surface area contributed by atoms with Crippen LogP contribution in [0.4, 0.5) is 0 Å². The van der Waals surface area contributed by atoms with Gasteiger partial charge in [0.2, 0.25) is 0 Å². The summed E-state index contributed by atoms with van der Waals surface area (Å²) in [4.78, 5) is 4.20. The van der Waals surface area contributed by atoms with Gasteiger partial charge in [-0.25, -0.2) is 0 Å². The Bertz CT molecular complexity index is 366. The largest absolute Gasteiger partial charge is 0.495 e. The zero-order valence-electron chi connectivity index (χ0n) is 7.19. The molecule has 0 saturated heterocycles. The van der Waals surface area contributed by atoms with E-state index in [1.54, 1.807) is 19.5 Å². The summed E-state index contributed by atoms with van der Waals surface area (Å²) in [6, 6.07) is 5.62. The average Bonchev–Trinajstić information content (AvgIpc) is 2.71. The number of nitrogens with one attached hydrogen (secondary N) is 1. The van der Waals surface area contributed by atoms with Crippen LogP contribution in [0.1, 0.15) is 0 Å². The van der Waals surface area contributed by atoms with Crippen molar-refractivity contribution in [2.24, 2.45) is 0 Å². The van der Waals surface area contributed by atoms with Crippen LogP contribution in [0.15, 0.2) is 30.6 Å². The minimum Gasteiger partial charge on any atom is -0.495 e. The lowest BCUT2D eigenvalue weighted by Gasteiger charge is -1.99. The highest BCUT2D eigenvalue weighted by Gasteiger charge is 1.99. The second kappa shape index (κ2) is 3.26. The van der Waals surface area contributed by atoms with E-state index in [1.165, 1.54) is 0 Å². The maximum absolute atomic E-state index is 5.00. The lowest BCUT2D eigenvalue weighted by Crippen LogP contribution is -1.86. The summed E-state index contributed by atoms with van der Waals surface area (Å²) < 4.78 is 5.00. The minimum atomic E-state index is 0.753. The molecule has 4 nitrogen and oxygen atoms in total. The fraction of sp³-hybridized carbons (Fsp3) is 0.111. The Hall–Kier alpha value is -1.84. The van der Waals surface area contributed by atoms with Gasteiger partial charge in [0.1, 0.15) is 5.75 Å². The molecule has 0 atom stereocenters. The van der Waals surface area contributed by atoms with Crippen molar-refractivity contribution in [3.8, 4) is 17.1 Å². The molecule has 2 heterocycles. The number of ether oxygens (including phenoxy) is 1. The average molecular weight is 175 g/mol. The van der Waals surface area contributed by atoms with Crippen LogP contribution in [0.25, 0.3) is 11.4 Å². The molecule has 0 aliphatic carbocycles. The molecule has 0 aromatic carbocycles. The Labute approximate surface area is 75.6 Å². The van der Waals surface area contributed by atoms with Crippen LogP contribution in [-0.2, 0) is 0 Å². The second-order valence-electron chi connectivity index (χ2n) is 2.55. The zero-order valence-corrected chi connectivity index (χ0v) is 7.19. The highest BCUT2D eigenvalue weighted by atomic mass is 16.5. The molecule has 1 N–H and O–H groups in total. The first-order chi connectivity index (χ1) is 6.40. The van der Waals surface area contributed by atoms with Gasteiger partial charge >= 0.3 is 0 Å². The smallest absolute Gasteiger partial charge is 0.137 e. The van der Waals surface area contributed by atoms with E-state index in [9.17, 15) is 0 Å². The van der Waals surface area contributed by atoms with Crippen LogP contribution in [-0.4, -0.2) is 22.3 Å². The van der Waals surface area contributed by atoms with Crippen molar-refractivity contribution >= 4 is 0 Å². The van der Waals surface area contributed by atoms with E-state index in [1.807, 2.05) is 18.2 Å². The number of pyridine rings is 1. The predicted molar refractivity (Wildman–Crippen MR) is 48.4 cm³/mol. The number of H-pyrrole nitrogens is 1. The lowest BCUT2D eigenvalue weighted by molar-refractivity contribution is 0.413. The molecule has 2 aromatic rings. The molecule has 13 heavy (non-hydrogen) atoms. The molecule has 0 aliphatic rings. The molecule has 0 aliphatic heterocycles. The van der Waals surface area contributed by atoms with Crippen LogP contribution in [0, 0.1) is 0 Å². The predicted octanol–water partition coefficient (Wildman–Crippen LogP) is 1.48. The number of methoxy groups -OCH3 is 1. The van der Waals surface area contributed by atoms with Gasteiger partial charge in [-0.05, 0) is 18.2 Å². The Morgan fingerprint density at radius 1 is 1.31 bits per heavy atom. The Balaban J connectivity index is 2.33. The molecule has 0 amide bonds. The van der Waals surface area contributed by atoms with E-state index >= 15 is 0 Å². The van der Waals surface area contributed by atoms with Gasteiger partial charge < -0.3 is 4.74 Å². The summed E-state index contributed by atoms with van der Waals surface area (Å²) in [6.07, 6.45) is 3.37. The zero-order chi connectivity index (χ0) is 9.10. The monoisotopic (exact) mass is 175 g/mol. The highest BCUT2D eigenvalue weighted by Crippen LogP contribution is 2.15. The van der Waals surface area contributed by atoms with Crippen molar-refractivity contribution in [3.63, 3.8) is 0 Å². The Morgan fingerprint density at radius 3 is 2.77 bits per heavy atom. The van der Waals surface area contributed by atoms with Gasteiger partial charge in [-0.15, -0.1) is 0 Å². The summed E-state index contributed by atoms with van der Waals surface area (Å²) in [6.45, 7) is 0. The van der Waals surface area contributed by atoms with Crippen molar-refractivity contribution in [2.75, 3.05) is 7.11 Å². The topological polar surface area (TPSA) is 50.8 Å². The third-order valence-corrected chi connectivity index (χ3v) is 1.75. The first kappa shape index (κ1) is 7.79. The molecule has 0 unspecified atom stereocenters. The molecule has 2 aromatic heterocycles. The summed E-state index contributed by atoms with van der Waals surface area (Å²) >= 11 is 0. The quantitative estimate of drug-likeness (QED) is 0.752. The molecule has 66 valence electrons. The maximum atomic E-state index is 5.00. The highest BCUT2D eigenvalue weighted by molar-refractivity contribution is 5.53. The molecule has 2 rings (SSSR count). The van der Waals surface area contributed by atoms with Crippen molar-refractivity contribution < 1.29 is 4.74 Å². The number of aromatic nitrogens is 3. The number of nitrogens with zero attached hydrogens (tertiary/aromatic N) is 2. The third-order valence-electron chi connectivity index (χ3n) is 1.75. The van der Waals surface area contributed by atoms with Gasteiger partial charge in [0.05, 0.1) is 24.7 Å². The summed E-state index contributed by atoms with van der Waals surface area (Å²) in [5.41, 5.74) is 1.76. The van der Waals surface area contributed by atoms with E-state index in [-0.39, 0.29) is 0 Å². The van der Waals surface area contributed by atoms with Gasteiger partial charge in [0, 0.05) is 6.20 Å². The van der Waals surface area contributed by atoms with Crippen LogP contribution in [0.3, 0.4) is 0 Å². The van der Waals surface area contributed by atoms with Crippen LogP contribution in [0.2, 0.25) is 0 Å². The van der Waals surface area contributed by atoms with E-state index < -0.39 is 0 Å². The Morgan fingerprint density at radius 2 is 2.23 bits per heavy atom. The van der Waals surface area contributed by atoms with E-state index in [4.69, 9.17) is 4.74 Å². The van der Waals surface area contributed by atoms with Crippen molar-refractivity contribution in [1.82, 2.24) is 15.2 Å². The van der Waals surface area contributed by atoms with Crippen molar-refractivity contribution in [1.29, 1.82) is 0 Å². The molecule has 0 fully saturated rings. The number of hydrogen-bond acceptors (Lipinski definition) is 3. The molecular formula is C9H9N3O. The van der Waals surface area contributed by atoms with Gasteiger partial charge in [0.15, 0.2) is 0 Å². The summed E-state index contributed by atoms with van der Waals surface area (Å²) in [5, 5.41) is 6.68. The fourth-order valence-electron chi connectivity index (χ4n) is 1.06. The minimum absolute atomic E-state index is 0.753. The molecule has 0 spiro atoms. The number of aromatic amines is 1. The first-order valence-corrected chi connectivity index (χ1v) is 3.90. The second-order valence-corrected chi connectivity index (χ2v) is 2.55. The molecule has 4 heteroatoms. The molecule has 0 saturated carbocycles.